The summed E-state index contributed by atoms with van der Waals surface area (Å²) in [6, 6.07) is 7.58. The number of nitrogens with one attached hydrogen (secondary N) is 1. The van der Waals surface area contributed by atoms with Crippen LogP contribution in [0.4, 0.5) is 4.39 Å². The molecule has 3 heteroatoms. The Bertz CT molecular complexity index is 361. The molecule has 1 aliphatic rings. The molecule has 1 aromatic rings. The SMILES string of the molecule is CCC(COC)NC(c1ccc(F)cc1)C1CC1. The first-order valence-electron chi connectivity index (χ1n) is 6.75. The standard InChI is InChI=1S/C15H22FNO/c1-3-14(10-18-2)17-15(11-4-5-11)12-6-8-13(16)9-7-12/h6-9,11,14-15,17H,3-5,10H2,1-2H3. The number of hydrogen-bond acceptors (Lipinski definition) is 2. The van der Waals surface area contributed by atoms with Crippen molar-refractivity contribution in [1.82, 2.24) is 5.32 Å². The third-order valence-corrected chi connectivity index (χ3v) is 3.60. The van der Waals surface area contributed by atoms with E-state index in [2.05, 4.69) is 12.2 Å². The second-order valence-electron chi connectivity index (χ2n) is 5.09. The summed E-state index contributed by atoms with van der Waals surface area (Å²) in [5, 5.41) is 3.65. The van der Waals surface area contributed by atoms with Crippen molar-refractivity contribution in [2.24, 2.45) is 5.92 Å². The van der Waals surface area contributed by atoms with Crippen molar-refractivity contribution in [3.63, 3.8) is 0 Å². The molecule has 1 N–H and O–H groups in total. The van der Waals surface area contributed by atoms with Crippen LogP contribution in [-0.4, -0.2) is 19.8 Å². The van der Waals surface area contributed by atoms with Crippen LogP contribution in [0, 0.1) is 11.7 Å². The lowest BCUT2D eigenvalue weighted by Crippen LogP contribution is -2.36. The van der Waals surface area contributed by atoms with E-state index in [1.807, 2.05) is 12.1 Å². The third-order valence-electron chi connectivity index (χ3n) is 3.60. The van der Waals surface area contributed by atoms with E-state index in [0.29, 0.717) is 18.0 Å². The maximum atomic E-state index is 13.0. The highest BCUT2D eigenvalue weighted by molar-refractivity contribution is 5.22. The van der Waals surface area contributed by atoms with Crippen molar-refractivity contribution >= 4 is 0 Å². The maximum absolute atomic E-state index is 13.0. The van der Waals surface area contributed by atoms with Crippen LogP contribution in [0.25, 0.3) is 0 Å². The normalized spacial score (nSPS) is 18.6. The summed E-state index contributed by atoms with van der Waals surface area (Å²) in [6.45, 7) is 2.88. The number of rotatable bonds is 7. The summed E-state index contributed by atoms with van der Waals surface area (Å²) in [7, 11) is 1.73. The summed E-state index contributed by atoms with van der Waals surface area (Å²) >= 11 is 0. The van der Waals surface area contributed by atoms with Crippen molar-refractivity contribution in [2.45, 2.75) is 38.3 Å². The Morgan fingerprint density at radius 3 is 2.50 bits per heavy atom. The molecule has 0 radical (unpaired) electrons. The summed E-state index contributed by atoms with van der Waals surface area (Å²) in [5.41, 5.74) is 1.19. The Kier molecular flexibility index (Phi) is 4.72. The largest absolute Gasteiger partial charge is 0.383 e. The van der Waals surface area contributed by atoms with Crippen LogP contribution in [0.3, 0.4) is 0 Å². The second-order valence-corrected chi connectivity index (χ2v) is 5.09. The highest BCUT2D eigenvalue weighted by atomic mass is 19.1. The van der Waals surface area contributed by atoms with Crippen molar-refractivity contribution in [3.8, 4) is 0 Å². The van der Waals surface area contributed by atoms with Gasteiger partial charge >= 0.3 is 0 Å². The predicted octanol–water partition coefficient (Wildman–Crippen LogP) is 3.29. The Balaban J connectivity index is 2.05. The van der Waals surface area contributed by atoms with E-state index in [1.54, 1.807) is 19.2 Å². The highest BCUT2D eigenvalue weighted by Crippen LogP contribution is 2.41. The number of benzene rings is 1. The quantitative estimate of drug-likeness (QED) is 0.803. The van der Waals surface area contributed by atoms with Crippen molar-refractivity contribution in [1.29, 1.82) is 0 Å². The van der Waals surface area contributed by atoms with Gasteiger partial charge in [-0.2, -0.15) is 0 Å². The molecule has 1 aromatic carbocycles. The minimum absolute atomic E-state index is 0.169. The van der Waals surface area contributed by atoms with E-state index < -0.39 is 0 Å². The molecule has 1 aliphatic carbocycles. The zero-order chi connectivity index (χ0) is 13.0. The van der Waals surface area contributed by atoms with Crippen LogP contribution >= 0.6 is 0 Å². The van der Waals surface area contributed by atoms with E-state index in [0.717, 1.165) is 13.0 Å². The average molecular weight is 251 g/mol. The van der Waals surface area contributed by atoms with Crippen LogP contribution < -0.4 is 5.32 Å². The van der Waals surface area contributed by atoms with Crippen molar-refractivity contribution in [3.05, 3.63) is 35.6 Å². The number of halogens is 1. The van der Waals surface area contributed by atoms with Crippen molar-refractivity contribution < 1.29 is 9.13 Å². The summed E-state index contributed by atoms with van der Waals surface area (Å²) in [5.74, 6) is 0.526. The maximum Gasteiger partial charge on any atom is 0.123 e. The summed E-state index contributed by atoms with van der Waals surface area (Å²) in [6.07, 6.45) is 3.56. The molecule has 0 heterocycles. The molecule has 2 atom stereocenters. The molecule has 2 rings (SSSR count). The fourth-order valence-electron chi connectivity index (χ4n) is 2.34. The molecule has 1 saturated carbocycles. The average Bonchev–Trinajstić information content (AvgIpc) is 3.20. The van der Waals surface area contributed by atoms with Crippen LogP contribution in [0.15, 0.2) is 24.3 Å². The number of ether oxygens (including phenoxy) is 1. The monoisotopic (exact) mass is 251 g/mol. The molecule has 0 bridgehead atoms. The van der Waals surface area contributed by atoms with Crippen molar-refractivity contribution in [2.75, 3.05) is 13.7 Å². The lowest BCUT2D eigenvalue weighted by Gasteiger charge is -2.25. The fraction of sp³-hybridized carbons (Fsp3) is 0.600. The van der Waals surface area contributed by atoms with E-state index in [4.69, 9.17) is 4.74 Å². The van der Waals surface area contributed by atoms with Gasteiger partial charge < -0.3 is 10.1 Å². The zero-order valence-electron chi connectivity index (χ0n) is 11.2. The second kappa shape index (κ2) is 6.30. The minimum atomic E-state index is -0.169. The van der Waals surface area contributed by atoms with Gasteiger partial charge in [-0.1, -0.05) is 19.1 Å². The molecule has 2 unspecified atom stereocenters. The van der Waals surface area contributed by atoms with Gasteiger partial charge in [0.2, 0.25) is 0 Å². The first kappa shape index (κ1) is 13.5. The van der Waals surface area contributed by atoms with Gasteiger partial charge in [-0.05, 0) is 42.9 Å². The van der Waals surface area contributed by atoms with E-state index in [1.165, 1.54) is 18.4 Å². The van der Waals surface area contributed by atoms with Gasteiger partial charge in [0.15, 0.2) is 0 Å². The molecule has 1 fully saturated rings. The van der Waals surface area contributed by atoms with E-state index in [-0.39, 0.29) is 5.82 Å². The third kappa shape index (κ3) is 3.53. The van der Waals surface area contributed by atoms with Crippen LogP contribution in [0.1, 0.15) is 37.8 Å². The lowest BCUT2D eigenvalue weighted by molar-refractivity contribution is 0.156. The molecule has 0 aromatic heterocycles. The molecule has 18 heavy (non-hydrogen) atoms. The van der Waals surface area contributed by atoms with Gasteiger partial charge in [0, 0.05) is 19.2 Å². The van der Waals surface area contributed by atoms with Gasteiger partial charge in [0.05, 0.1) is 6.61 Å². The highest BCUT2D eigenvalue weighted by Gasteiger charge is 2.33. The Morgan fingerprint density at radius 1 is 1.33 bits per heavy atom. The number of methoxy groups -OCH3 is 1. The van der Waals surface area contributed by atoms with Crippen LogP contribution in [0.5, 0.6) is 0 Å². The van der Waals surface area contributed by atoms with Gasteiger partial charge in [-0.15, -0.1) is 0 Å². The van der Waals surface area contributed by atoms with Gasteiger partial charge in [0.1, 0.15) is 5.82 Å². The molecule has 0 saturated heterocycles. The predicted molar refractivity (Wildman–Crippen MR) is 71.0 cm³/mol. The zero-order valence-corrected chi connectivity index (χ0v) is 11.2. The first-order chi connectivity index (χ1) is 8.74. The summed E-state index contributed by atoms with van der Waals surface area (Å²) in [4.78, 5) is 0. The number of hydrogen-bond donors (Lipinski definition) is 1. The molecular formula is C15H22FNO. The molecule has 0 spiro atoms. The minimum Gasteiger partial charge on any atom is -0.383 e. The first-order valence-corrected chi connectivity index (χ1v) is 6.75. The molecule has 0 amide bonds. The lowest BCUT2D eigenvalue weighted by atomic mass is 10.0. The van der Waals surface area contributed by atoms with Crippen LogP contribution in [0.2, 0.25) is 0 Å². The smallest absolute Gasteiger partial charge is 0.123 e. The molecule has 2 nitrogen and oxygen atoms in total. The van der Waals surface area contributed by atoms with Gasteiger partial charge in [-0.25, -0.2) is 4.39 Å². The Morgan fingerprint density at radius 2 is 2.00 bits per heavy atom. The topological polar surface area (TPSA) is 21.3 Å². The molecule has 0 aliphatic heterocycles. The Hall–Kier alpha value is -0.930. The molecular weight excluding hydrogens is 229 g/mol. The van der Waals surface area contributed by atoms with Crippen LogP contribution in [-0.2, 0) is 4.74 Å². The fourth-order valence-corrected chi connectivity index (χ4v) is 2.34. The van der Waals surface area contributed by atoms with E-state index >= 15 is 0 Å². The van der Waals surface area contributed by atoms with Gasteiger partial charge in [-0.3, -0.25) is 0 Å². The summed E-state index contributed by atoms with van der Waals surface area (Å²) < 4.78 is 18.2. The Labute approximate surface area is 109 Å². The van der Waals surface area contributed by atoms with E-state index in [9.17, 15) is 4.39 Å². The molecule has 100 valence electrons. The van der Waals surface area contributed by atoms with Gasteiger partial charge in [0.25, 0.3) is 0 Å².